The van der Waals surface area contributed by atoms with Gasteiger partial charge in [0, 0.05) is 18.9 Å². The van der Waals surface area contributed by atoms with E-state index >= 15 is 0 Å². The molecule has 19 heavy (non-hydrogen) atoms. The Balaban J connectivity index is 2.23. The van der Waals surface area contributed by atoms with Crippen LogP contribution in [-0.2, 0) is 11.2 Å². The highest BCUT2D eigenvalue weighted by Gasteiger charge is 2.18. The average molecular weight is 259 g/mol. The zero-order valence-corrected chi connectivity index (χ0v) is 10.5. The van der Waals surface area contributed by atoms with E-state index in [0.717, 1.165) is 30.3 Å². The van der Waals surface area contributed by atoms with Crippen molar-refractivity contribution in [3.05, 3.63) is 34.2 Å². The number of aryl methyl sites for hydroxylation is 1. The van der Waals surface area contributed by atoms with Gasteiger partial charge in [0.1, 0.15) is 17.0 Å². The van der Waals surface area contributed by atoms with E-state index in [2.05, 4.69) is 5.32 Å². The topological polar surface area (TPSA) is 68.5 Å². The number of carbonyl (C=O) groups is 1. The number of nitrogens with one attached hydrogen (secondary N) is 1. The second-order valence-electron chi connectivity index (χ2n) is 4.53. The van der Waals surface area contributed by atoms with Gasteiger partial charge in [0.05, 0.1) is 0 Å². The van der Waals surface area contributed by atoms with Crippen molar-refractivity contribution in [3.63, 3.8) is 0 Å². The SMILES string of the molecule is CC(=O)Oc1ccc2oc(=O)c3c(c2c1)CCCN3. The first kappa shape index (κ1) is 11.8. The van der Waals surface area contributed by atoms with Crippen molar-refractivity contribution < 1.29 is 13.9 Å². The van der Waals surface area contributed by atoms with Crippen molar-refractivity contribution in [1.82, 2.24) is 0 Å². The van der Waals surface area contributed by atoms with Gasteiger partial charge in [0.25, 0.3) is 0 Å². The molecule has 0 amide bonds. The quantitative estimate of drug-likeness (QED) is 0.482. The zero-order chi connectivity index (χ0) is 13.4. The third-order valence-corrected chi connectivity index (χ3v) is 3.15. The number of anilines is 1. The molecule has 5 heteroatoms. The first-order chi connectivity index (χ1) is 9.15. The molecule has 1 aromatic heterocycles. The fraction of sp³-hybridized carbons (Fsp3) is 0.286. The molecule has 0 spiro atoms. The van der Waals surface area contributed by atoms with Crippen LogP contribution in [0.5, 0.6) is 5.75 Å². The van der Waals surface area contributed by atoms with E-state index in [9.17, 15) is 9.59 Å². The van der Waals surface area contributed by atoms with E-state index in [1.54, 1.807) is 18.2 Å². The first-order valence-corrected chi connectivity index (χ1v) is 6.17. The number of hydrogen-bond donors (Lipinski definition) is 1. The van der Waals surface area contributed by atoms with E-state index in [-0.39, 0.29) is 11.6 Å². The highest BCUT2D eigenvalue weighted by atomic mass is 16.5. The van der Waals surface area contributed by atoms with Crippen molar-refractivity contribution >= 4 is 22.6 Å². The van der Waals surface area contributed by atoms with E-state index in [1.165, 1.54) is 6.92 Å². The van der Waals surface area contributed by atoms with Gasteiger partial charge >= 0.3 is 11.6 Å². The van der Waals surface area contributed by atoms with Crippen LogP contribution in [0, 0.1) is 0 Å². The summed E-state index contributed by atoms with van der Waals surface area (Å²) < 4.78 is 10.3. The standard InChI is InChI=1S/C14H13NO4/c1-8(16)18-9-4-5-12-11(7-9)10-3-2-6-15-13(10)14(17)19-12/h4-5,7,15H,2-3,6H2,1H3. The molecule has 0 unspecified atom stereocenters. The van der Waals surface area contributed by atoms with E-state index in [0.29, 0.717) is 17.0 Å². The molecule has 0 atom stereocenters. The summed E-state index contributed by atoms with van der Waals surface area (Å²) in [6.45, 7) is 2.12. The van der Waals surface area contributed by atoms with Gasteiger partial charge in [-0.1, -0.05) is 0 Å². The fourth-order valence-corrected chi connectivity index (χ4v) is 2.39. The Bertz CT molecular complexity index is 717. The molecule has 5 nitrogen and oxygen atoms in total. The summed E-state index contributed by atoms with van der Waals surface area (Å²) in [6.07, 6.45) is 1.78. The first-order valence-electron chi connectivity index (χ1n) is 6.17. The summed E-state index contributed by atoms with van der Waals surface area (Å²) in [6, 6.07) is 5.02. The lowest BCUT2D eigenvalue weighted by Crippen LogP contribution is -2.19. The molecule has 0 radical (unpaired) electrons. The second-order valence-corrected chi connectivity index (χ2v) is 4.53. The maximum absolute atomic E-state index is 11.8. The summed E-state index contributed by atoms with van der Waals surface area (Å²) in [5.41, 5.74) is 1.64. The lowest BCUT2D eigenvalue weighted by molar-refractivity contribution is -0.131. The van der Waals surface area contributed by atoms with Gasteiger partial charge in [0.15, 0.2) is 0 Å². The number of rotatable bonds is 1. The van der Waals surface area contributed by atoms with Gasteiger partial charge in [-0.05, 0) is 36.6 Å². The monoisotopic (exact) mass is 259 g/mol. The molecule has 2 aromatic rings. The second kappa shape index (κ2) is 4.42. The van der Waals surface area contributed by atoms with Crippen LogP contribution < -0.4 is 15.7 Å². The highest BCUT2D eigenvalue weighted by Crippen LogP contribution is 2.29. The molecule has 1 aliphatic rings. The number of fused-ring (bicyclic) bond motifs is 3. The molecule has 0 aliphatic carbocycles. The minimum atomic E-state index is -0.372. The largest absolute Gasteiger partial charge is 0.427 e. The maximum atomic E-state index is 11.8. The Morgan fingerprint density at radius 3 is 3.05 bits per heavy atom. The number of carbonyl (C=O) groups excluding carboxylic acids is 1. The Morgan fingerprint density at radius 2 is 2.26 bits per heavy atom. The highest BCUT2D eigenvalue weighted by molar-refractivity contribution is 5.87. The van der Waals surface area contributed by atoms with Crippen molar-refractivity contribution in [2.75, 3.05) is 11.9 Å². The van der Waals surface area contributed by atoms with Crippen LogP contribution in [0.2, 0.25) is 0 Å². The molecule has 98 valence electrons. The molecule has 3 rings (SSSR count). The number of esters is 1. The van der Waals surface area contributed by atoms with Crippen LogP contribution in [-0.4, -0.2) is 12.5 Å². The summed E-state index contributed by atoms with van der Waals surface area (Å²) in [5.74, 6) is 0.0883. The van der Waals surface area contributed by atoms with E-state index in [1.807, 2.05) is 0 Å². The molecule has 1 aromatic carbocycles. The van der Waals surface area contributed by atoms with Crippen molar-refractivity contribution in [1.29, 1.82) is 0 Å². The molecule has 0 bridgehead atoms. The summed E-state index contributed by atoms with van der Waals surface area (Å²) in [7, 11) is 0. The minimum absolute atomic E-state index is 0.345. The van der Waals surface area contributed by atoms with Gasteiger partial charge in [-0.3, -0.25) is 4.79 Å². The van der Waals surface area contributed by atoms with Crippen LogP contribution in [0.25, 0.3) is 11.0 Å². The maximum Gasteiger partial charge on any atom is 0.360 e. The third kappa shape index (κ3) is 2.07. The molecule has 0 fully saturated rings. The Morgan fingerprint density at radius 1 is 1.42 bits per heavy atom. The molecule has 1 aliphatic heterocycles. The summed E-state index contributed by atoms with van der Waals surface area (Å²) in [5, 5.41) is 3.89. The minimum Gasteiger partial charge on any atom is -0.427 e. The van der Waals surface area contributed by atoms with Crippen molar-refractivity contribution in [2.45, 2.75) is 19.8 Å². The van der Waals surface area contributed by atoms with Gasteiger partial charge in [-0.25, -0.2) is 4.79 Å². The lowest BCUT2D eigenvalue weighted by Gasteiger charge is -2.18. The Hall–Kier alpha value is -2.30. The van der Waals surface area contributed by atoms with Crippen LogP contribution >= 0.6 is 0 Å². The summed E-state index contributed by atoms with van der Waals surface area (Å²) >= 11 is 0. The molecule has 0 saturated heterocycles. The predicted molar refractivity (Wildman–Crippen MR) is 70.6 cm³/mol. The van der Waals surface area contributed by atoms with Crippen molar-refractivity contribution in [2.24, 2.45) is 0 Å². The Kier molecular flexibility index (Phi) is 2.74. The lowest BCUT2D eigenvalue weighted by atomic mass is 10.0. The molecular formula is C14H13NO4. The van der Waals surface area contributed by atoms with E-state index < -0.39 is 0 Å². The van der Waals surface area contributed by atoms with Gasteiger partial charge in [0.2, 0.25) is 0 Å². The summed E-state index contributed by atoms with van der Waals surface area (Å²) in [4.78, 5) is 22.8. The normalized spacial score (nSPS) is 13.7. The molecular weight excluding hydrogens is 246 g/mol. The predicted octanol–water partition coefficient (Wildman–Crippen LogP) is 2.08. The van der Waals surface area contributed by atoms with Crippen LogP contribution in [0.3, 0.4) is 0 Å². The number of ether oxygens (including phenoxy) is 1. The van der Waals surface area contributed by atoms with Gasteiger partial charge < -0.3 is 14.5 Å². The molecule has 0 saturated carbocycles. The van der Waals surface area contributed by atoms with Crippen LogP contribution in [0.15, 0.2) is 27.4 Å². The Labute approximate surface area is 109 Å². The molecule has 1 N–H and O–H groups in total. The third-order valence-electron chi connectivity index (χ3n) is 3.15. The average Bonchev–Trinajstić information content (AvgIpc) is 2.39. The smallest absolute Gasteiger partial charge is 0.360 e. The van der Waals surface area contributed by atoms with Gasteiger partial charge in [-0.2, -0.15) is 0 Å². The number of hydrogen-bond acceptors (Lipinski definition) is 5. The number of benzene rings is 1. The van der Waals surface area contributed by atoms with Gasteiger partial charge in [-0.15, -0.1) is 0 Å². The van der Waals surface area contributed by atoms with Crippen LogP contribution in [0.1, 0.15) is 18.9 Å². The fourth-order valence-electron chi connectivity index (χ4n) is 2.39. The molecule has 2 heterocycles. The van der Waals surface area contributed by atoms with Crippen LogP contribution in [0.4, 0.5) is 5.69 Å². The zero-order valence-electron chi connectivity index (χ0n) is 10.5. The van der Waals surface area contributed by atoms with E-state index in [4.69, 9.17) is 9.15 Å². The van der Waals surface area contributed by atoms with Crippen molar-refractivity contribution in [3.8, 4) is 5.75 Å².